The zero-order valence-electron chi connectivity index (χ0n) is 17.3. The molecule has 0 aromatic heterocycles. The van der Waals surface area contributed by atoms with Crippen molar-refractivity contribution in [3.8, 4) is 17.2 Å². The van der Waals surface area contributed by atoms with Crippen LogP contribution in [0, 0.1) is 5.82 Å². The number of halogens is 1. The second-order valence-electron chi connectivity index (χ2n) is 6.24. The molecule has 0 atom stereocenters. The summed E-state index contributed by atoms with van der Waals surface area (Å²) in [4.78, 5) is 25.4. The summed E-state index contributed by atoms with van der Waals surface area (Å²) in [6.45, 7) is -0.381. The third-order valence-electron chi connectivity index (χ3n) is 4.23. The lowest BCUT2D eigenvalue weighted by atomic mass is 10.1. The summed E-state index contributed by atoms with van der Waals surface area (Å²) in [6, 6.07) is 9.50. The first-order valence-electron chi connectivity index (χ1n) is 9.01. The Bertz CT molecular complexity index is 903. The normalized spacial score (nSPS) is 10.6. The molecule has 30 heavy (non-hydrogen) atoms. The third kappa shape index (κ3) is 5.97. The maximum absolute atomic E-state index is 13.7. The summed E-state index contributed by atoms with van der Waals surface area (Å²) in [6.07, 6.45) is 2.69. The smallest absolute Gasteiger partial charge is 0.331 e. The van der Waals surface area contributed by atoms with Crippen molar-refractivity contribution < 1.29 is 32.9 Å². The number of rotatable bonds is 9. The Kier molecular flexibility index (Phi) is 8.22. The fraction of sp³-hybridized carbons (Fsp3) is 0.273. The van der Waals surface area contributed by atoms with Gasteiger partial charge in [-0.3, -0.25) is 4.79 Å². The largest absolute Gasteiger partial charge is 0.493 e. The van der Waals surface area contributed by atoms with E-state index in [1.54, 1.807) is 30.3 Å². The van der Waals surface area contributed by atoms with Crippen molar-refractivity contribution in [3.05, 3.63) is 59.4 Å². The Morgan fingerprint density at radius 2 is 1.67 bits per heavy atom. The molecule has 8 heteroatoms. The molecule has 1 amide bonds. The van der Waals surface area contributed by atoms with Gasteiger partial charge in [0.05, 0.1) is 21.3 Å². The molecule has 7 nitrogen and oxygen atoms in total. The average Bonchev–Trinajstić information content (AvgIpc) is 2.76. The zero-order valence-corrected chi connectivity index (χ0v) is 17.3. The van der Waals surface area contributed by atoms with Crippen LogP contribution in [0.3, 0.4) is 0 Å². The number of benzene rings is 2. The number of hydrogen-bond acceptors (Lipinski definition) is 6. The molecule has 0 aliphatic heterocycles. The fourth-order valence-electron chi connectivity index (χ4n) is 2.62. The number of methoxy groups -OCH3 is 3. The highest BCUT2D eigenvalue weighted by Gasteiger charge is 2.14. The Hall–Kier alpha value is -3.55. The SMILES string of the molecule is COc1cc(/C=C/C(=O)OCC(=O)N(C)Cc2ccccc2F)cc(OC)c1OC. The van der Waals surface area contributed by atoms with Gasteiger partial charge in [0.1, 0.15) is 5.82 Å². The predicted octanol–water partition coefficient (Wildman–Crippen LogP) is 3.07. The molecule has 0 saturated heterocycles. The highest BCUT2D eigenvalue weighted by atomic mass is 19.1. The minimum absolute atomic E-state index is 0.0737. The van der Waals surface area contributed by atoms with Gasteiger partial charge in [-0.25, -0.2) is 9.18 Å². The van der Waals surface area contributed by atoms with Crippen molar-refractivity contribution >= 4 is 18.0 Å². The zero-order chi connectivity index (χ0) is 22.1. The van der Waals surface area contributed by atoms with E-state index in [0.717, 1.165) is 0 Å². The highest BCUT2D eigenvalue weighted by Crippen LogP contribution is 2.38. The molecule has 2 rings (SSSR count). The van der Waals surface area contributed by atoms with E-state index in [1.807, 2.05) is 0 Å². The second kappa shape index (κ2) is 10.8. The number of amides is 1. The van der Waals surface area contributed by atoms with E-state index in [4.69, 9.17) is 18.9 Å². The van der Waals surface area contributed by atoms with Crippen LogP contribution >= 0.6 is 0 Å². The summed E-state index contributed by atoms with van der Waals surface area (Å²) >= 11 is 0. The Morgan fingerprint density at radius 1 is 1.03 bits per heavy atom. The first-order valence-corrected chi connectivity index (χ1v) is 9.01. The fourth-order valence-corrected chi connectivity index (χ4v) is 2.62. The number of likely N-dealkylation sites (N-methyl/N-ethyl adjacent to an activating group) is 1. The molecule has 0 spiro atoms. The molecule has 0 saturated carbocycles. The lowest BCUT2D eigenvalue weighted by Gasteiger charge is -2.17. The molecular weight excluding hydrogens is 393 g/mol. The molecule has 2 aromatic rings. The van der Waals surface area contributed by atoms with Gasteiger partial charge in [-0.1, -0.05) is 18.2 Å². The van der Waals surface area contributed by atoms with Crippen LogP contribution in [0.1, 0.15) is 11.1 Å². The molecule has 160 valence electrons. The van der Waals surface area contributed by atoms with Gasteiger partial charge in [-0.2, -0.15) is 0 Å². The number of nitrogens with zero attached hydrogens (tertiary/aromatic N) is 1. The molecule has 0 unspecified atom stereocenters. The van der Waals surface area contributed by atoms with E-state index in [9.17, 15) is 14.0 Å². The molecule has 0 N–H and O–H groups in total. The molecule has 0 radical (unpaired) electrons. The van der Waals surface area contributed by atoms with Gasteiger partial charge in [0, 0.05) is 25.2 Å². The van der Waals surface area contributed by atoms with Gasteiger partial charge in [0.15, 0.2) is 18.1 Å². The van der Waals surface area contributed by atoms with Crippen molar-refractivity contribution in [2.24, 2.45) is 0 Å². The van der Waals surface area contributed by atoms with Crippen LogP contribution in [0.25, 0.3) is 6.08 Å². The van der Waals surface area contributed by atoms with Crippen LogP contribution < -0.4 is 14.2 Å². The van der Waals surface area contributed by atoms with Crippen LogP contribution in [-0.2, 0) is 20.9 Å². The van der Waals surface area contributed by atoms with Crippen LogP contribution in [0.5, 0.6) is 17.2 Å². The minimum atomic E-state index is -0.698. The topological polar surface area (TPSA) is 74.3 Å². The first-order chi connectivity index (χ1) is 14.4. The summed E-state index contributed by atoms with van der Waals surface area (Å²) in [5, 5.41) is 0. The Labute approximate surface area is 174 Å². The molecule has 2 aromatic carbocycles. The van der Waals surface area contributed by atoms with Crippen molar-refractivity contribution in [2.45, 2.75) is 6.54 Å². The summed E-state index contributed by atoms with van der Waals surface area (Å²) in [5.41, 5.74) is 0.992. The van der Waals surface area contributed by atoms with E-state index in [1.165, 1.54) is 51.5 Å². The van der Waals surface area contributed by atoms with E-state index in [-0.39, 0.29) is 6.54 Å². The number of ether oxygens (including phenoxy) is 4. The van der Waals surface area contributed by atoms with Gasteiger partial charge < -0.3 is 23.8 Å². The predicted molar refractivity (Wildman–Crippen MR) is 109 cm³/mol. The van der Waals surface area contributed by atoms with Gasteiger partial charge >= 0.3 is 5.97 Å². The van der Waals surface area contributed by atoms with Gasteiger partial charge in [-0.05, 0) is 29.8 Å². The van der Waals surface area contributed by atoms with E-state index in [2.05, 4.69) is 0 Å². The average molecular weight is 417 g/mol. The van der Waals surface area contributed by atoms with Crippen molar-refractivity contribution in [3.63, 3.8) is 0 Å². The number of hydrogen-bond donors (Lipinski definition) is 0. The minimum Gasteiger partial charge on any atom is -0.493 e. The van der Waals surface area contributed by atoms with E-state index >= 15 is 0 Å². The molecule has 0 aliphatic carbocycles. The van der Waals surface area contributed by atoms with Gasteiger partial charge in [0.2, 0.25) is 5.75 Å². The van der Waals surface area contributed by atoms with Gasteiger partial charge in [0.25, 0.3) is 5.91 Å². The van der Waals surface area contributed by atoms with Crippen molar-refractivity contribution in [1.29, 1.82) is 0 Å². The molecule has 0 fully saturated rings. The van der Waals surface area contributed by atoms with Crippen LogP contribution in [-0.4, -0.2) is 51.8 Å². The summed E-state index contributed by atoms with van der Waals surface area (Å²) in [7, 11) is 5.98. The maximum atomic E-state index is 13.7. The van der Waals surface area contributed by atoms with E-state index in [0.29, 0.717) is 28.4 Å². The Balaban J connectivity index is 1.94. The number of esters is 1. The number of carbonyl (C=O) groups is 2. The first kappa shape index (κ1) is 22.7. The van der Waals surface area contributed by atoms with Crippen LogP contribution in [0.2, 0.25) is 0 Å². The van der Waals surface area contributed by atoms with E-state index < -0.39 is 24.3 Å². The number of carbonyl (C=O) groups excluding carboxylic acids is 2. The molecule has 0 aliphatic rings. The highest BCUT2D eigenvalue weighted by molar-refractivity contribution is 5.89. The lowest BCUT2D eigenvalue weighted by molar-refractivity contribution is -0.147. The summed E-state index contributed by atoms with van der Waals surface area (Å²) in [5.74, 6) is -0.237. The van der Waals surface area contributed by atoms with Gasteiger partial charge in [-0.15, -0.1) is 0 Å². The lowest BCUT2D eigenvalue weighted by Crippen LogP contribution is -2.30. The molecular formula is C22H24FNO6. The quantitative estimate of drug-likeness (QED) is 0.461. The Morgan fingerprint density at radius 3 is 2.23 bits per heavy atom. The molecule has 0 bridgehead atoms. The second-order valence-corrected chi connectivity index (χ2v) is 6.24. The van der Waals surface area contributed by atoms with Crippen molar-refractivity contribution in [1.82, 2.24) is 4.90 Å². The standard InChI is InChI=1S/C22H24FNO6/c1-24(13-16-7-5-6-8-17(16)23)20(25)14-30-21(26)10-9-15-11-18(27-2)22(29-4)19(12-15)28-3/h5-12H,13-14H2,1-4H3/b10-9+. The molecule has 0 heterocycles. The monoisotopic (exact) mass is 417 g/mol. The maximum Gasteiger partial charge on any atom is 0.331 e. The third-order valence-corrected chi connectivity index (χ3v) is 4.23. The summed E-state index contributed by atoms with van der Waals surface area (Å²) < 4.78 is 34.4. The van der Waals surface area contributed by atoms with Crippen LogP contribution in [0.15, 0.2) is 42.5 Å². The van der Waals surface area contributed by atoms with Crippen LogP contribution in [0.4, 0.5) is 4.39 Å². The van der Waals surface area contributed by atoms with Crippen molar-refractivity contribution in [2.75, 3.05) is 35.0 Å².